The number of carbonyl (C=O) groups is 3. The quantitative estimate of drug-likeness (QED) is 0.640. The molecule has 2 aliphatic rings. The third kappa shape index (κ3) is 4.75. The summed E-state index contributed by atoms with van der Waals surface area (Å²) in [6.45, 7) is 3.38. The fraction of sp³-hybridized carbons (Fsp3) is 0.375. The average Bonchev–Trinajstić information content (AvgIpc) is 2.89. The normalized spacial score (nSPS) is 19.6. The third-order valence-corrected chi connectivity index (χ3v) is 6.11. The van der Waals surface area contributed by atoms with Gasteiger partial charge in [0.2, 0.25) is 17.7 Å². The Hall–Kier alpha value is -3.39. The van der Waals surface area contributed by atoms with E-state index in [1.165, 1.54) is 6.07 Å². The summed E-state index contributed by atoms with van der Waals surface area (Å²) in [5.41, 5.74) is 1.77. The number of piperidine rings is 1. The molecule has 2 heterocycles. The van der Waals surface area contributed by atoms with Crippen LogP contribution in [-0.4, -0.2) is 53.4 Å². The number of aromatic hydroxyl groups is 1. The molecule has 0 saturated carbocycles. The number of hydrogen-bond donors (Lipinski definition) is 3. The van der Waals surface area contributed by atoms with Crippen molar-refractivity contribution in [2.75, 3.05) is 35.2 Å². The predicted octanol–water partition coefficient (Wildman–Crippen LogP) is 2.81. The van der Waals surface area contributed by atoms with Crippen molar-refractivity contribution in [3.8, 4) is 5.75 Å². The smallest absolute Gasteiger partial charge is 0.241 e. The van der Waals surface area contributed by atoms with Gasteiger partial charge in [0.15, 0.2) is 0 Å². The van der Waals surface area contributed by atoms with Crippen LogP contribution in [0.5, 0.6) is 5.75 Å². The molecule has 168 valence electrons. The van der Waals surface area contributed by atoms with Crippen LogP contribution in [0.2, 0.25) is 0 Å². The molecule has 2 aromatic rings. The van der Waals surface area contributed by atoms with E-state index in [0.29, 0.717) is 43.0 Å². The highest BCUT2D eigenvalue weighted by molar-refractivity contribution is 6.05. The van der Waals surface area contributed by atoms with Crippen molar-refractivity contribution in [1.82, 2.24) is 4.90 Å². The number of hydrogen-bond acceptors (Lipinski definition) is 5. The fourth-order valence-electron chi connectivity index (χ4n) is 4.40. The van der Waals surface area contributed by atoms with Crippen LogP contribution in [0.15, 0.2) is 48.5 Å². The first kappa shape index (κ1) is 21.8. The fourth-order valence-corrected chi connectivity index (χ4v) is 4.40. The van der Waals surface area contributed by atoms with Crippen LogP contribution in [0.4, 0.5) is 17.1 Å². The number of amides is 3. The Morgan fingerprint density at radius 1 is 1.09 bits per heavy atom. The van der Waals surface area contributed by atoms with Crippen LogP contribution in [0.1, 0.15) is 26.2 Å². The Balaban J connectivity index is 1.36. The lowest BCUT2D eigenvalue weighted by Crippen LogP contribution is -2.47. The van der Waals surface area contributed by atoms with Crippen molar-refractivity contribution in [2.45, 2.75) is 32.2 Å². The van der Waals surface area contributed by atoms with Gasteiger partial charge >= 0.3 is 0 Å². The molecule has 1 fully saturated rings. The van der Waals surface area contributed by atoms with E-state index >= 15 is 0 Å². The minimum atomic E-state index is -0.243. The van der Waals surface area contributed by atoms with Crippen molar-refractivity contribution in [1.29, 1.82) is 0 Å². The molecule has 3 amide bonds. The van der Waals surface area contributed by atoms with Gasteiger partial charge in [-0.1, -0.05) is 24.3 Å². The first-order valence-corrected chi connectivity index (χ1v) is 10.9. The molecule has 32 heavy (non-hydrogen) atoms. The van der Waals surface area contributed by atoms with Gasteiger partial charge in [0.05, 0.1) is 23.6 Å². The zero-order chi connectivity index (χ0) is 22.7. The van der Waals surface area contributed by atoms with E-state index in [1.807, 2.05) is 25.1 Å². The Morgan fingerprint density at radius 3 is 2.53 bits per heavy atom. The standard InChI is InChI=1S/C24H28N4O4/c1-16-14-22(30)25-18-6-2-4-8-20(18)28(16)23(31)15-27-12-10-17(11-13-27)24(32)26-19-7-3-5-9-21(19)29/h2-9,16-17,29H,10-15H2,1H3,(H,25,30)(H,26,32)/t16-/m1/s1. The van der Waals surface area contributed by atoms with Crippen molar-refractivity contribution in [3.05, 3.63) is 48.5 Å². The van der Waals surface area contributed by atoms with Crippen LogP contribution in [0.25, 0.3) is 0 Å². The summed E-state index contributed by atoms with van der Waals surface area (Å²) in [4.78, 5) is 41.7. The molecule has 8 heteroatoms. The van der Waals surface area contributed by atoms with Gasteiger partial charge in [-0.05, 0) is 57.1 Å². The summed E-state index contributed by atoms with van der Waals surface area (Å²) in [5, 5.41) is 15.5. The predicted molar refractivity (Wildman–Crippen MR) is 123 cm³/mol. The first-order chi connectivity index (χ1) is 15.4. The van der Waals surface area contributed by atoms with Crippen molar-refractivity contribution in [2.24, 2.45) is 5.92 Å². The molecule has 0 spiro atoms. The molecule has 3 N–H and O–H groups in total. The Labute approximate surface area is 187 Å². The molecule has 8 nitrogen and oxygen atoms in total. The summed E-state index contributed by atoms with van der Waals surface area (Å²) in [7, 11) is 0. The average molecular weight is 437 g/mol. The zero-order valence-electron chi connectivity index (χ0n) is 18.1. The minimum Gasteiger partial charge on any atom is -0.506 e. The van der Waals surface area contributed by atoms with Crippen molar-refractivity contribution in [3.63, 3.8) is 0 Å². The largest absolute Gasteiger partial charge is 0.506 e. The monoisotopic (exact) mass is 436 g/mol. The number of benzene rings is 2. The molecule has 0 aromatic heterocycles. The maximum absolute atomic E-state index is 13.2. The molecule has 2 aromatic carbocycles. The van der Waals surface area contributed by atoms with Gasteiger partial charge in [0.25, 0.3) is 0 Å². The molecule has 2 aliphatic heterocycles. The van der Waals surface area contributed by atoms with E-state index < -0.39 is 0 Å². The SMILES string of the molecule is C[C@@H]1CC(=O)Nc2ccccc2N1C(=O)CN1CCC(C(=O)Nc2ccccc2O)CC1. The molecule has 0 radical (unpaired) electrons. The highest BCUT2D eigenvalue weighted by Gasteiger charge is 2.32. The molecular weight excluding hydrogens is 408 g/mol. The molecule has 0 aliphatic carbocycles. The van der Waals surface area contributed by atoms with Gasteiger partial charge < -0.3 is 20.6 Å². The van der Waals surface area contributed by atoms with E-state index in [-0.39, 0.29) is 48.4 Å². The number of carbonyl (C=O) groups excluding carboxylic acids is 3. The number of rotatable bonds is 4. The third-order valence-electron chi connectivity index (χ3n) is 6.11. The number of fused-ring (bicyclic) bond motifs is 1. The van der Waals surface area contributed by atoms with Crippen LogP contribution >= 0.6 is 0 Å². The Morgan fingerprint density at radius 2 is 1.78 bits per heavy atom. The van der Waals surface area contributed by atoms with Crippen LogP contribution in [-0.2, 0) is 14.4 Å². The maximum atomic E-state index is 13.2. The van der Waals surface area contributed by atoms with Crippen molar-refractivity contribution < 1.29 is 19.5 Å². The van der Waals surface area contributed by atoms with E-state index in [4.69, 9.17) is 0 Å². The van der Waals surface area contributed by atoms with Crippen LogP contribution < -0.4 is 15.5 Å². The molecule has 0 unspecified atom stereocenters. The molecule has 1 atom stereocenters. The van der Waals surface area contributed by atoms with Gasteiger partial charge in [-0.3, -0.25) is 19.3 Å². The van der Waals surface area contributed by atoms with Crippen molar-refractivity contribution >= 4 is 34.8 Å². The maximum Gasteiger partial charge on any atom is 0.241 e. The Kier molecular flexibility index (Phi) is 6.41. The van der Waals surface area contributed by atoms with Gasteiger partial charge in [0, 0.05) is 18.4 Å². The summed E-state index contributed by atoms with van der Waals surface area (Å²) >= 11 is 0. The summed E-state index contributed by atoms with van der Waals surface area (Å²) < 4.78 is 0. The highest BCUT2D eigenvalue weighted by atomic mass is 16.3. The topological polar surface area (TPSA) is 102 Å². The number of nitrogens with zero attached hydrogens (tertiary/aromatic N) is 2. The lowest BCUT2D eigenvalue weighted by atomic mass is 9.95. The van der Waals surface area contributed by atoms with Crippen LogP contribution in [0, 0.1) is 5.92 Å². The number of likely N-dealkylation sites (tertiary alicyclic amines) is 1. The summed E-state index contributed by atoms with van der Waals surface area (Å²) in [6.07, 6.45) is 1.52. The van der Waals surface area contributed by atoms with E-state index in [1.54, 1.807) is 29.2 Å². The summed E-state index contributed by atoms with van der Waals surface area (Å²) in [6, 6.07) is 13.8. The van der Waals surface area contributed by atoms with E-state index in [2.05, 4.69) is 15.5 Å². The molecule has 1 saturated heterocycles. The lowest BCUT2D eigenvalue weighted by Gasteiger charge is -2.34. The van der Waals surface area contributed by atoms with Gasteiger partial charge in [-0.2, -0.15) is 0 Å². The Bertz CT molecular complexity index is 1020. The summed E-state index contributed by atoms with van der Waals surface area (Å²) in [5.74, 6) is -0.392. The van der Waals surface area contributed by atoms with E-state index in [0.717, 1.165) is 0 Å². The second kappa shape index (κ2) is 9.40. The van der Waals surface area contributed by atoms with E-state index in [9.17, 15) is 19.5 Å². The molecular formula is C24H28N4O4. The van der Waals surface area contributed by atoms with Gasteiger partial charge in [-0.15, -0.1) is 0 Å². The molecule has 4 rings (SSSR count). The highest BCUT2D eigenvalue weighted by Crippen LogP contribution is 2.32. The number of para-hydroxylation sites is 4. The minimum absolute atomic E-state index is 0.0451. The number of nitrogens with one attached hydrogen (secondary N) is 2. The first-order valence-electron chi connectivity index (χ1n) is 10.9. The second-order valence-electron chi connectivity index (χ2n) is 8.44. The van der Waals surface area contributed by atoms with Gasteiger partial charge in [0.1, 0.15) is 5.75 Å². The number of anilines is 3. The van der Waals surface area contributed by atoms with Crippen LogP contribution in [0.3, 0.4) is 0 Å². The van der Waals surface area contributed by atoms with Gasteiger partial charge in [-0.25, -0.2) is 0 Å². The lowest BCUT2D eigenvalue weighted by molar-refractivity contribution is -0.122. The number of phenols is 1. The zero-order valence-corrected chi connectivity index (χ0v) is 18.1. The molecule has 0 bridgehead atoms. The number of phenolic OH excluding ortho intramolecular Hbond substituents is 1. The second-order valence-corrected chi connectivity index (χ2v) is 8.44.